The van der Waals surface area contributed by atoms with E-state index in [0.29, 0.717) is 21.7 Å². The predicted molar refractivity (Wildman–Crippen MR) is 91.0 cm³/mol. The molecule has 132 valence electrons. The molecule has 0 aliphatic rings. The first-order valence-corrected chi connectivity index (χ1v) is 8.97. The largest absolute Gasteiger partial charge is 0.435 e. The summed E-state index contributed by atoms with van der Waals surface area (Å²) in [6.07, 6.45) is -3.06. The van der Waals surface area contributed by atoms with Crippen LogP contribution in [0.3, 0.4) is 0 Å². The molecular weight excluding hydrogens is 363 g/mol. The molecule has 0 amide bonds. The fourth-order valence-corrected chi connectivity index (χ4v) is 2.94. The van der Waals surface area contributed by atoms with E-state index in [1.54, 1.807) is 24.3 Å². The van der Waals surface area contributed by atoms with Crippen LogP contribution in [0.4, 0.5) is 13.2 Å². The van der Waals surface area contributed by atoms with Crippen LogP contribution < -0.4 is 0 Å². The number of alkyl halides is 3. The van der Waals surface area contributed by atoms with Gasteiger partial charge in [0.2, 0.25) is 0 Å². The molecule has 0 saturated heterocycles. The van der Waals surface area contributed by atoms with Gasteiger partial charge < -0.3 is 0 Å². The summed E-state index contributed by atoms with van der Waals surface area (Å²) in [6.45, 7) is 0. The van der Waals surface area contributed by atoms with Gasteiger partial charge in [-0.05, 0) is 42.5 Å². The Balaban J connectivity index is 2.14. The van der Waals surface area contributed by atoms with Crippen LogP contribution >= 0.6 is 0 Å². The Morgan fingerprint density at radius 1 is 1.08 bits per heavy atom. The zero-order valence-corrected chi connectivity index (χ0v) is 14.3. The third-order valence-electron chi connectivity index (χ3n) is 3.72. The first-order chi connectivity index (χ1) is 12.3. The maximum atomic E-state index is 13.1. The van der Waals surface area contributed by atoms with Gasteiger partial charge in [0.05, 0.1) is 23.0 Å². The first-order valence-electron chi connectivity index (χ1n) is 7.41. The van der Waals surface area contributed by atoms with Crippen LogP contribution in [-0.4, -0.2) is 20.2 Å². The predicted octanol–water partition coefficient (Wildman–Crippen LogP) is 4.17. The van der Waals surface area contributed by atoms with Crippen molar-refractivity contribution >= 4 is 10.8 Å². The van der Waals surface area contributed by atoms with E-state index in [1.807, 2.05) is 6.07 Å². The van der Waals surface area contributed by atoms with Gasteiger partial charge in [-0.3, -0.25) is 4.21 Å². The lowest BCUT2D eigenvalue weighted by molar-refractivity contribution is -0.141. The highest BCUT2D eigenvalue weighted by atomic mass is 32.2. The van der Waals surface area contributed by atoms with Crippen molar-refractivity contribution in [1.82, 2.24) is 9.78 Å². The third kappa shape index (κ3) is 3.53. The van der Waals surface area contributed by atoms with Crippen LogP contribution in [0.15, 0.2) is 59.5 Å². The second kappa shape index (κ2) is 6.77. The van der Waals surface area contributed by atoms with Crippen LogP contribution in [0.1, 0.15) is 11.3 Å². The molecule has 1 unspecified atom stereocenters. The molecule has 2 aromatic carbocycles. The number of hydrogen-bond donors (Lipinski definition) is 0. The SMILES string of the molecule is CS(=O)c1ccc(-c2cc(C(F)(F)F)nn2-c2ccc(C#N)cc2)cc1. The van der Waals surface area contributed by atoms with E-state index in [4.69, 9.17) is 5.26 Å². The summed E-state index contributed by atoms with van der Waals surface area (Å²) >= 11 is 0. The highest BCUT2D eigenvalue weighted by Crippen LogP contribution is 2.33. The molecule has 0 saturated carbocycles. The molecule has 3 rings (SSSR count). The number of benzene rings is 2. The van der Waals surface area contributed by atoms with Gasteiger partial charge in [0, 0.05) is 27.5 Å². The Morgan fingerprint density at radius 3 is 2.19 bits per heavy atom. The molecule has 0 aliphatic heterocycles. The topological polar surface area (TPSA) is 58.7 Å². The number of nitriles is 1. The number of halogens is 3. The van der Waals surface area contributed by atoms with Crippen molar-refractivity contribution in [2.45, 2.75) is 11.1 Å². The second-order valence-corrected chi connectivity index (χ2v) is 6.84. The van der Waals surface area contributed by atoms with Crippen molar-refractivity contribution in [3.8, 4) is 23.0 Å². The summed E-state index contributed by atoms with van der Waals surface area (Å²) in [5.41, 5.74) is 0.535. The fraction of sp³-hybridized carbons (Fsp3) is 0.111. The summed E-state index contributed by atoms with van der Waals surface area (Å²) in [7, 11) is -1.18. The zero-order chi connectivity index (χ0) is 18.9. The minimum Gasteiger partial charge on any atom is -0.255 e. The normalized spacial score (nSPS) is 12.6. The average Bonchev–Trinajstić information content (AvgIpc) is 3.07. The van der Waals surface area contributed by atoms with E-state index in [1.165, 1.54) is 35.2 Å². The van der Waals surface area contributed by atoms with Crippen molar-refractivity contribution in [3.63, 3.8) is 0 Å². The van der Waals surface area contributed by atoms with E-state index in [-0.39, 0.29) is 5.69 Å². The summed E-state index contributed by atoms with van der Waals surface area (Å²) in [6, 6.07) is 15.4. The van der Waals surface area contributed by atoms with Gasteiger partial charge in [0.15, 0.2) is 5.69 Å². The lowest BCUT2D eigenvalue weighted by Crippen LogP contribution is -2.07. The van der Waals surface area contributed by atoms with E-state index in [2.05, 4.69) is 5.10 Å². The molecule has 4 nitrogen and oxygen atoms in total. The molecule has 8 heteroatoms. The first kappa shape index (κ1) is 17.9. The van der Waals surface area contributed by atoms with Crippen molar-refractivity contribution < 1.29 is 17.4 Å². The summed E-state index contributed by atoms with van der Waals surface area (Å²) in [5, 5.41) is 12.6. The van der Waals surface area contributed by atoms with Gasteiger partial charge in [0.1, 0.15) is 0 Å². The molecule has 0 bridgehead atoms. The molecule has 0 spiro atoms. The molecule has 0 aliphatic carbocycles. The van der Waals surface area contributed by atoms with E-state index in [0.717, 1.165) is 6.07 Å². The maximum absolute atomic E-state index is 13.1. The highest BCUT2D eigenvalue weighted by molar-refractivity contribution is 7.84. The molecule has 3 aromatic rings. The molecule has 0 fully saturated rings. The van der Waals surface area contributed by atoms with Gasteiger partial charge in [0.25, 0.3) is 0 Å². The smallest absolute Gasteiger partial charge is 0.255 e. The number of nitrogens with zero attached hydrogens (tertiary/aromatic N) is 3. The Labute approximate surface area is 150 Å². The van der Waals surface area contributed by atoms with Crippen molar-refractivity contribution in [3.05, 3.63) is 65.9 Å². The highest BCUT2D eigenvalue weighted by Gasteiger charge is 2.35. The summed E-state index contributed by atoms with van der Waals surface area (Å²) < 4.78 is 52.1. The molecule has 1 atom stereocenters. The Kier molecular flexibility index (Phi) is 4.66. The Hall–Kier alpha value is -2.92. The van der Waals surface area contributed by atoms with Gasteiger partial charge in [-0.15, -0.1) is 0 Å². The van der Waals surface area contributed by atoms with Crippen LogP contribution in [0.2, 0.25) is 0 Å². The summed E-state index contributed by atoms with van der Waals surface area (Å²) in [4.78, 5) is 0.578. The number of hydrogen-bond acceptors (Lipinski definition) is 3. The summed E-state index contributed by atoms with van der Waals surface area (Å²) in [5.74, 6) is 0. The Bertz CT molecular complexity index is 1000. The second-order valence-electron chi connectivity index (χ2n) is 5.46. The lowest BCUT2D eigenvalue weighted by Gasteiger charge is -2.08. The third-order valence-corrected chi connectivity index (χ3v) is 4.66. The van der Waals surface area contributed by atoms with Crippen LogP contribution in [-0.2, 0) is 17.0 Å². The van der Waals surface area contributed by atoms with E-state index >= 15 is 0 Å². The Morgan fingerprint density at radius 2 is 1.69 bits per heavy atom. The van der Waals surface area contributed by atoms with Crippen LogP contribution in [0.25, 0.3) is 16.9 Å². The van der Waals surface area contributed by atoms with Crippen molar-refractivity contribution in [2.75, 3.05) is 6.26 Å². The minimum atomic E-state index is -4.59. The minimum absolute atomic E-state index is 0.246. The quantitative estimate of drug-likeness (QED) is 0.690. The number of aromatic nitrogens is 2. The van der Waals surface area contributed by atoms with Gasteiger partial charge in [-0.1, -0.05) is 12.1 Å². The van der Waals surface area contributed by atoms with E-state index in [9.17, 15) is 17.4 Å². The molecule has 0 N–H and O–H groups in total. The van der Waals surface area contributed by atoms with Crippen LogP contribution in [0.5, 0.6) is 0 Å². The van der Waals surface area contributed by atoms with Crippen molar-refractivity contribution in [1.29, 1.82) is 5.26 Å². The molecule has 1 aromatic heterocycles. The van der Waals surface area contributed by atoms with Crippen LogP contribution in [0, 0.1) is 11.3 Å². The van der Waals surface area contributed by atoms with E-state index < -0.39 is 22.7 Å². The molecular formula is C18H12F3N3OS. The maximum Gasteiger partial charge on any atom is 0.435 e. The van der Waals surface area contributed by atoms with Gasteiger partial charge >= 0.3 is 6.18 Å². The lowest BCUT2D eigenvalue weighted by atomic mass is 10.1. The zero-order valence-electron chi connectivity index (χ0n) is 13.5. The fourth-order valence-electron chi connectivity index (χ4n) is 2.42. The van der Waals surface area contributed by atoms with Gasteiger partial charge in [-0.2, -0.15) is 23.5 Å². The van der Waals surface area contributed by atoms with Crippen molar-refractivity contribution in [2.24, 2.45) is 0 Å². The monoisotopic (exact) mass is 375 g/mol. The molecule has 26 heavy (non-hydrogen) atoms. The average molecular weight is 375 g/mol. The molecule has 0 radical (unpaired) electrons. The molecule has 1 heterocycles. The van der Waals surface area contributed by atoms with Gasteiger partial charge in [-0.25, -0.2) is 4.68 Å². The number of rotatable bonds is 3. The standard InChI is InChI=1S/C18H12F3N3OS/c1-26(25)15-8-4-13(5-9-15)16-10-17(18(19,20)21)23-24(16)14-6-2-12(11-22)3-7-14/h2-10H,1H3.